The average molecular weight is 368 g/mol. The van der Waals surface area contributed by atoms with Gasteiger partial charge in [0.25, 0.3) is 0 Å². The Labute approximate surface area is 121 Å². The summed E-state index contributed by atoms with van der Waals surface area (Å²) < 4.78 is 30.3. The van der Waals surface area contributed by atoms with E-state index in [2.05, 4.69) is 18.6 Å². The van der Waals surface area contributed by atoms with Crippen LogP contribution in [-0.2, 0) is 6.42 Å². The molecule has 1 nitrogen and oxygen atoms in total. The van der Waals surface area contributed by atoms with Crippen LogP contribution in [0.15, 0.2) is 24.3 Å². The minimum Gasteiger partial charge on any atom is -0.432 e. The molecule has 4 heteroatoms. The molecule has 0 heterocycles. The van der Waals surface area contributed by atoms with Gasteiger partial charge in [-0.15, -0.1) is 0 Å². The van der Waals surface area contributed by atoms with Gasteiger partial charge in [0.15, 0.2) is 0 Å². The van der Waals surface area contributed by atoms with Crippen molar-refractivity contribution in [2.75, 3.05) is 4.43 Å². The minimum absolute atomic E-state index is 0.226. The number of aryl methyl sites for hydroxylation is 1. The molecule has 0 fully saturated rings. The third-order valence-electron chi connectivity index (χ3n) is 2.59. The maximum Gasteiger partial charge on any atom is 0.407 e. The van der Waals surface area contributed by atoms with E-state index in [4.69, 9.17) is 0 Å². The minimum atomic E-state index is -3.08. The number of benzene rings is 1. The Balaban J connectivity index is 2.47. The zero-order valence-electron chi connectivity index (χ0n) is 10.8. The van der Waals surface area contributed by atoms with Crippen LogP contribution in [0.25, 0.3) is 0 Å². The molecular weight excluding hydrogens is 349 g/mol. The van der Waals surface area contributed by atoms with Crippen molar-refractivity contribution < 1.29 is 13.5 Å². The number of ether oxygens (including phenoxy) is 1. The third-order valence-corrected chi connectivity index (χ3v) is 3.48. The van der Waals surface area contributed by atoms with Crippen LogP contribution in [-0.4, -0.2) is 10.5 Å². The summed E-state index contributed by atoms with van der Waals surface area (Å²) in [5.41, 5.74) is 1.17. The van der Waals surface area contributed by atoms with E-state index in [1.165, 1.54) is 12.0 Å². The lowest BCUT2D eigenvalue weighted by molar-refractivity contribution is -0.151. The molecule has 0 saturated heterocycles. The third kappa shape index (κ3) is 5.98. The summed E-state index contributed by atoms with van der Waals surface area (Å²) >= 11 is 1.61. The molecule has 0 atom stereocenters. The van der Waals surface area contributed by atoms with E-state index >= 15 is 0 Å². The predicted octanol–water partition coefficient (Wildman–Crippen LogP) is 5.07. The van der Waals surface area contributed by atoms with Gasteiger partial charge in [0, 0.05) is 0 Å². The highest BCUT2D eigenvalue weighted by atomic mass is 127. The highest BCUT2D eigenvalue weighted by Crippen LogP contribution is 2.24. The lowest BCUT2D eigenvalue weighted by Crippen LogP contribution is -2.26. The van der Waals surface area contributed by atoms with Crippen molar-refractivity contribution in [2.45, 2.75) is 39.2 Å². The summed E-state index contributed by atoms with van der Waals surface area (Å²) in [7, 11) is 0. The second kappa shape index (κ2) is 7.26. The van der Waals surface area contributed by atoms with Crippen LogP contribution in [0.3, 0.4) is 0 Å². The van der Waals surface area contributed by atoms with Gasteiger partial charge in [-0.25, -0.2) is 0 Å². The first-order valence-corrected chi connectivity index (χ1v) is 7.67. The van der Waals surface area contributed by atoms with E-state index in [1.54, 1.807) is 34.7 Å². The van der Waals surface area contributed by atoms with E-state index in [1.807, 2.05) is 12.1 Å². The highest BCUT2D eigenvalue weighted by molar-refractivity contribution is 14.1. The fraction of sp³-hybridized carbons (Fsp3) is 0.571. The molecule has 0 aliphatic carbocycles. The summed E-state index contributed by atoms with van der Waals surface area (Å²) in [6.45, 7) is 4.39. The largest absolute Gasteiger partial charge is 0.432 e. The number of hydrogen-bond donors (Lipinski definition) is 0. The maximum atomic E-state index is 13.0. The topological polar surface area (TPSA) is 9.23 Å². The van der Waals surface area contributed by atoms with Crippen molar-refractivity contribution in [3.05, 3.63) is 29.8 Å². The fourth-order valence-corrected chi connectivity index (χ4v) is 1.79. The summed E-state index contributed by atoms with van der Waals surface area (Å²) in [4.78, 5) is 0. The normalized spacial score (nSPS) is 11.9. The molecule has 0 aliphatic rings. The Morgan fingerprint density at radius 3 is 2.33 bits per heavy atom. The van der Waals surface area contributed by atoms with Crippen molar-refractivity contribution in [3.8, 4) is 5.75 Å². The van der Waals surface area contributed by atoms with Crippen molar-refractivity contribution in [2.24, 2.45) is 5.92 Å². The molecule has 0 aromatic heterocycles. The van der Waals surface area contributed by atoms with Gasteiger partial charge < -0.3 is 4.74 Å². The van der Waals surface area contributed by atoms with E-state index < -0.39 is 6.11 Å². The lowest BCUT2D eigenvalue weighted by atomic mass is 10.0. The average Bonchev–Trinajstić information content (AvgIpc) is 2.31. The van der Waals surface area contributed by atoms with Gasteiger partial charge in [-0.1, -0.05) is 55.0 Å². The molecule has 0 amide bonds. The second-order valence-electron chi connectivity index (χ2n) is 4.80. The molecule has 1 rings (SSSR count). The van der Waals surface area contributed by atoms with Crippen molar-refractivity contribution in [1.29, 1.82) is 0 Å². The van der Waals surface area contributed by atoms with E-state index in [9.17, 15) is 8.78 Å². The zero-order valence-corrected chi connectivity index (χ0v) is 12.9. The van der Waals surface area contributed by atoms with E-state index in [0.29, 0.717) is 5.92 Å². The van der Waals surface area contributed by atoms with Crippen LogP contribution in [0.5, 0.6) is 5.75 Å². The molecule has 18 heavy (non-hydrogen) atoms. The lowest BCUT2D eigenvalue weighted by Gasteiger charge is -2.15. The van der Waals surface area contributed by atoms with Crippen molar-refractivity contribution in [3.63, 3.8) is 0 Å². The molecule has 0 radical (unpaired) electrons. The number of hydrogen-bond acceptors (Lipinski definition) is 1. The van der Waals surface area contributed by atoms with Gasteiger partial charge in [0.1, 0.15) is 10.2 Å². The quantitative estimate of drug-likeness (QED) is 0.482. The van der Waals surface area contributed by atoms with Crippen molar-refractivity contribution in [1.82, 2.24) is 0 Å². The van der Waals surface area contributed by atoms with Gasteiger partial charge in [-0.05, 0) is 36.5 Å². The first kappa shape index (κ1) is 15.7. The predicted molar refractivity (Wildman–Crippen MR) is 78.7 cm³/mol. The summed E-state index contributed by atoms with van der Waals surface area (Å²) in [6, 6.07) is 6.95. The molecular formula is C14H19F2IO. The molecule has 1 aromatic rings. The Hall–Kier alpha value is -0.390. The molecule has 0 saturated carbocycles. The summed E-state index contributed by atoms with van der Waals surface area (Å²) in [5.74, 6) is 0.930. The van der Waals surface area contributed by atoms with E-state index in [-0.39, 0.29) is 10.2 Å². The van der Waals surface area contributed by atoms with Gasteiger partial charge in [-0.3, -0.25) is 0 Å². The van der Waals surface area contributed by atoms with Gasteiger partial charge in [0.05, 0.1) is 0 Å². The Morgan fingerprint density at radius 1 is 1.22 bits per heavy atom. The maximum absolute atomic E-state index is 13.0. The number of halogens is 3. The van der Waals surface area contributed by atoms with Crippen LogP contribution >= 0.6 is 22.6 Å². The zero-order chi connectivity index (χ0) is 13.6. The Kier molecular flexibility index (Phi) is 6.32. The second-order valence-corrected chi connectivity index (χ2v) is 5.57. The Bertz CT molecular complexity index is 349. The first-order chi connectivity index (χ1) is 8.43. The smallest absolute Gasteiger partial charge is 0.407 e. The van der Waals surface area contributed by atoms with Crippen LogP contribution in [0.4, 0.5) is 8.78 Å². The molecule has 0 spiro atoms. The number of alkyl halides is 3. The first-order valence-electron chi connectivity index (χ1n) is 6.14. The van der Waals surface area contributed by atoms with Crippen LogP contribution < -0.4 is 4.74 Å². The fourth-order valence-electron chi connectivity index (χ4n) is 1.64. The van der Waals surface area contributed by atoms with Crippen LogP contribution in [0.1, 0.15) is 32.3 Å². The standard InChI is InChI=1S/C14H19F2IO/c1-11(2)4-3-5-12-6-8-13(9-7-12)18-14(15,16)10-17/h6-9,11H,3-5,10H2,1-2H3. The number of rotatable bonds is 7. The summed E-state index contributed by atoms with van der Waals surface area (Å²) in [6.07, 6.45) is 0.216. The van der Waals surface area contributed by atoms with Gasteiger partial charge in [-0.2, -0.15) is 8.78 Å². The summed E-state index contributed by atoms with van der Waals surface area (Å²) in [5, 5.41) is 0. The van der Waals surface area contributed by atoms with E-state index in [0.717, 1.165) is 12.8 Å². The highest BCUT2D eigenvalue weighted by Gasteiger charge is 2.29. The molecule has 1 aromatic carbocycles. The van der Waals surface area contributed by atoms with Gasteiger partial charge in [0.2, 0.25) is 0 Å². The molecule has 0 unspecified atom stereocenters. The molecule has 0 bridgehead atoms. The Morgan fingerprint density at radius 2 is 1.83 bits per heavy atom. The van der Waals surface area contributed by atoms with Crippen LogP contribution in [0.2, 0.25) is 0 Å². The monoisotopic (exact) mass is 368 g/mol. The molecule has 0 N–H and O–H groups in total. The molecule has 0 aliphatic heterocycles. The molecule has 102 valence electrons. The van der Waals surface area contributed by atoms with Crippen molar-refractivity contribution >= 4 is 22.6 Å². The SMILES string of the molecule is CC(C)CCCc1ccc(OC(F)(F)CI)cc1. The van der Waals surface area contributed by atoms with Gasteiger partial charge >= 0.3 is 6.11 Å². The van der Waals surface area contributed by atoms with Crippen LogP contribution in [0, 0.1) is 5.92 Å².